The van der Waals surface area contributed by atoms with Gasteiger partial charge in [-0.2, -0.15) is 4.39 Å². The van der Waals surface area contributed by atoms with Crippen LogP contribution in [0.4, 0.5) is 9.52 Å². The Morgan fingerprint density at radius 3 is 2.78 bits per heavy atom. The number of ketones is 1. The van der Waals surface area contributed by atoms with Gasteiger partial charge in [-0.25, -0.2) is 13.4 Å². The highest BCUT2D eigenvalue weighted by molar-refractivity contribution is 7.90. The van der Waals surface area contributed by atoms with E-state index in [0.29, 0.717) is 24.5 Å². The molecule has 0 bridgehead atoms. The summed E-state index contributed by atoms with van der Waals surface area (Å²) in [5, 5.41) is 3.44. The number of anilines is 1. The van der Waals surface area contributed by atoms with Crippen LogP contribution in [0.1, 0.15) is 37.2 Å². The van der Waals surface area contributed by atoms with Crippen molar-refractivity contribution in [1.82, 2.24) is 4.98 Å². The molecule has 1 aliphatic rings. The first kappa shape index (κ1) is 20.2. The Labute approximate surface area is 166 Å². The third kappa shape index (κ3) is 5.27. The lowest BCUT2D eigenvalue weighted by atomic mass is 9.88. The first-order chi connectivity index (χ1) is 12.7. The second-order valence-corrected chi connectivity index (χ2v) is 10.3. The van der Waals surface area contributed by atoms with Crippen LogP contribution >= 0.6 is 22.9 Å². The van der Waals surface area contributed by atoms with Crippen molar-refractivity contribution in [1.29, 1.82) is 0 Å². The molecule has 0 unspecified atom stereocenters. The number of hydrogen-bond donors (Lipinski definition) is 1. The maximum atomic E-state index is 13.2. The number of nitrogens with one attached hydrogen (secondary N) is 1. The quantitative estimate of drug-likeness (QED) is 0.708. The van der Waals surface area contributed by atoms with E-state index in [2.05, 4.69) is 10.3 Å². The third-order valence-electron chi connectivity index (χ3n) is 4.77. The van der Waals surface area contributed by atoms with E-state index in [9.17, 15) is 17.6 Å². The highest BCUT2D eigenvalue weighted by atomic mass is 35.5. The van der Waals surface area contributed by atoms with Crippen LogP contribution in [0.5, 0.6) is 0 Å². The molecule has 1 fully saturated rings. The number of benzene rings is 1. The molecule has 0 radical (unpaired) electrons. The molecule has 2 atom stereocenters. The lowest BCUT2D eigenvalue weighted by Gasteiger charge is -2.22. The molecule has 1 aromatic carbocycles. The molecule has 9 heteroatoms. The molecule has 1 N–H and O–H groups in total. The van der Waals surface area contributed by atoms with Gasteiger partial charge in [0.2, 0.25) is 0 Å². The van der Waals surface area contributed by atoms with Crippen molar-refractivity contribution >= 4 is 43.7 Å². The maximum absolute atomic E-state index is 13.2. The van der Waals surface area contributed by atoms with Crippen molar-refractivity contribution in [2.24, 2.45) is 5.92 Å². The first-order valence-corrected chi connectivity index (χ1v) is 11.7. The summed E-state index contributed by atoms with van der Waals surface area (Å²) in [5.74, 6) is 0.559. The molecule has 5 nitrogen and oxygen atoms in total. The van der Waals surface area contributed by atoms with E-state index in [0.717, 1.165) is 42.2 Å². The minimum atomic E-state index is -3.40. The maximum Gasteiger partial charge on any atom is 0.198 e. The van der Waals surface area contributed by atoms with E-state index in [1.807, 2.05) is 0 Å². The van der Waals surface area contributed by atoms with Gasteiger partial charge in [0.15, 0.2) is 20.1 Å². The fraction of sp³-hybridized carbons (Fsp3) is 0.444. The Morgan fingerprint density at radius 1 is 1.44 bits per heavy atom. The molecule has 27 heavy (non-hydrogen) atoms. The summed E-state index contributed by atoms with van der Waals surface area (Å²) in [6.07, 6.45) is 5.08. The second-order valence-electron chi connectivity index (χ2n) is 6.89. The van der Waals surface area contributed by atoms with Crippen molar-refractivity contribution < 1.29 is 17.6 Å². The van der Waals surface area contributed by atoms with E-state index in [1.54, 1.807) is 12.1 Å². The molecule has 146 valence electrons. The van der Waals surface area contributed by atoms with Gasteiger partial charge in [0.05, 0.1) is 16.1 Å². The monoisotopic (exact) mass is 430 g/mol. The minimum absolute atomic E-state index is 0.000952. The van der Waals surface area contributed by atoms with Crippen LogP contribution in [-0.4, -0.2) is 32.0 Å². The number of carbonyl (C=O) groups is 1. The zero-order valence-corrected chi connectivity index (χ0v) is 17.1. The number of nitrogens with zero attached hydrogens (tertiary/aromatic N) is 1. The molecule has 0 saturated heterocycles. The van der Waals surface area contributed by atoms with Gasteiger partial charge < -0.3 is 5.32 Å². The Bertz CT molecular complexity index is 946. The lowest BCUT2D eigenvalue weighted by molar-refractivity contribution is -0.117. The number of carbonyl (C=O) groups excluding carboxylic acids is 1. The summed E-state index contributed by atoms with van der Waals surface area (Å²) in [6.45, 7) is 0.492. The fourth-order valence-electron chi connectivity index (χ4n) is 3.45. The number of rotatable bonds is 7. The summed E-state index contributed by atoms with van der Waals surface area (Å²) < 4.78 is 36.7. The number of aromatic nitrogens is 1. The highest BCUT2D eigenvalue weighted by Gasteiger charge is 2.26. The lowest BCUT2D eigenvalue weighted by Crippen LogP contribution is -2.16. The number of sulfone groups is 1. The van der Waals surface area contributed by atoms with Crippen molar-refractivity contribution in [2.45, 2.75) is 36.5 Å². The Hall–Kier alpha value is -1.51. The van der Waals surface area contributed by atoms with Crippen LogP contribution in [0.25, 0.3) is 0 Å². The van der Waals surface area contributed by atoms with Gasteiger partial charge >= 0.3 is 0 Å². The number of thiazole rings is 1. The molecule has 1 aromatic heterocycles. The van der Waals surface area contributed by atoms with Gasteiger partial charge in [0, 0.05) is 31.6 Å². The largest absolute Gasteiger partial charge is 0.361 e. The molecule has 1 saturated carbocycles. The Morgan fingerprint density at radius 2 is 2.22 bits per heavy atom. The zero-order valence-electron chi connectivity index (χ0n) is 14.7. The molecule has 0 spiro atoms. The summed E-state index contributed by atoms with van der Waals surface area (Å²) >= 11 is 7.13. The predicted molar refractivity (Wildman–Crippen MR) is 105 cm³/mol. The van der Waals surface area contributed by atoms with Crippen molar-refractivity contribution in [3.63, 3.8) is 0 Å². The molecule has 0 aliphatic heterocycles. The van der Waals surface area contributed by atoms with Gasteiger partial charge in [0.1, 0.15) is 5.78 Å². The number of Topliss-reactive ketones (excluding diaryl/α,β-unsaturated/α-hetero) is 1. The van der Waals surface area contributed by atoms with E-state index < -0.39 is 9.84 Å². The smallest absolute Gasteiger partial charge is 0.198 e. The molecule has 3 rings (SSSR count). The zero-order chi connectivity index (χ0) is 19.6. The minimum Gasteiger partial charge on any atom is -0.361 e. The molecule has 1 heterocycles. The van der Waals surface area contributed by atoms with Gasteiger partial charge in [-0.15, -0.1) is 0 Å². The molecule has 1 aliphatic carbocycles. The van der Waals surface area contributed by atoms with Crippen LogP contribution in [0.15, 0.2) is 29.3 Å². The fourth-order valence-corrected chi connectivity index (χ4v) is 5.34. The SMILES string of the molecule is CS(=O)(=O)c1ccc([C@H](CNc2ncc(F)s2)C[C@H]2CCC(=O)C2)cc1Cl. The van der Waals surface area contributed by atoms with Crippen LogP contribution < -0.4 is 5.32 Å². The van der Waals surface area contributed by atoms with Crippen LogP contribution in [0, 0.1) is 11.0 Å². The summed E-state index contributed by atoms with van der Waals surface area (Å²) in [7, 11) is -3.40. The summed E-state index contributed by atoms with van der Waals surface area (Å²) in [5.41, 5.74) is 0.885. The van der Waals surface area contributed by atoms with Crippen molar-refractivity contribution in [3.8, 4) is 0 Å². The Kier molecular flexibility index (Phi) is 6.18. The van der Waals surface area contributed by atoms with Gasteiger partial charge in [-0.3, -0.25) is 4.79 Å². The van der Waals surface area contributed by atoms with Gasteiger partial charge in [0.25, 0.3) is 0 Å². The average molecular weight is 431 g/mol. The van der Waals surface area contributed by atoms with Crippen LogP contribution in [0.2, 0.25) is 5.02 Å². The van der Waals surface area contributed by atoms with Gasteiger partial charge in [-0.05, 0) is 36.5 Å². The predicted octanol–water partition coefficient (Wildman–Crippen LogP) is 4.29. The normalized spacial score (nSPS) is 18.6. The topological polar surface area (TPSA) is 76.1 Å². The summed E-state index contributed by atoms with van der Waals surface area (Å²) in [6, 6.07) is 4.94. The van der Waals surface area contributed by atoms with Crippen LogP contribution in [-0.2, 0) is 14.6 Å². The van der Waals surface area contributed by atoms with Crippen molar-refractivity contribution in [3.05, 3.63) is 40.1 Å². The average Bonchev–Trinajstić information content (AvgIpc) is 3.18. The molecular formula is C18H20ClFN2O3S2. The van der Waals surface area contributed by atoms with Crippen molar-refractivity contribution in [2.75, 3.05) is 18.1 Å². The van der Waals surface area contributed by atoms with E-state index in [-0.39, 0.29) is 32.7 Å². The summed E-state index contributed by atoms with van der Waals surface area (Å²) in [4.78, 5) is 15.7. The van der Waals surface area contributed by atoms with E-state index >= 15 is 0 Å². The third-order valence-corrected chi connectivity index (χ3v) is 7.09. The standard InChI is InChI=1S/C18H20ClFN2O3S2/c1-27(24,25)16-5-3-12(8-15(16)19)13(6-11-2-4-14(23)7-11)9-21-18-22-10-17(20)26-18/h3,5,8,10-11,13H,2,4,6-7,9H2,1H3,(H,21,22)/t11-,13+/m1/s1. The van der Waals surface area contributed by atoms with Crippen LogP contribution in [0.3, 0.4) is 0 Å². The van der Waals surface area contributed by atoms with E-state index in [4.69, 9.17) is 11.6 Å². The number of halogens is 2. The molecule has 2 aromatic rings. The molecule has 0 amide bonds. The first-order valence-electron chi connectivity index (χ1n) is 8.59. The number of hydrogen-bond acceptors (Lipinski definition) is 6. The van der Waals surface area contributed by atoms with E-state index in [1.165, 1.54) is 6.07 Å². The Balaban J connectivity index is 1.81. The second kappa shape index (κ2) is 8.24. The highest BCUT2D eigenvalue weighted by Crippen LogP contribution is 2.35. The van der Waals surface area contributed by atoms with Gasteiger partial charge in [-0.1, -0.05) is 29.0 Å². The molecular weight excluding hydrogens is 411 g/mol.